The molecule has 2 aromatic carbocycles. The Morgan fingerprint density at radius 3 is 2.44 bits per heavy atom. The van der Waals surface area contributed by atoms with Crippen molar-refractivity contribution in [3.8, 4) is 28.8 Å². The second kappa shape index (κ2) is 9.38. The van der Waals surface area contributed by atoms with E-state index < -0.39 is 11.7 Å². The van der Waals surface area contributed by atoms with Crippen LogP contribution in [0.1, 0.15) is 16.7 Å². The quantitative estimate of drug-likeness (QED) is 0.292. The first-order valence-corrected chi connectivity index (χ1v) is 10.8. The number of hydrogen-bond donors (Lipinski definition) is 2. The molecule has 0 spiro atoms. The zero-order valence-corrected chi connectivity index (χ0v) is 18.5. The number of anilines is 1. The van der Waals surface area contributed by atoms with Crippen LogP contribution in [0.2, 0.25) is 0 Å². The molecule has 3 aromatic heterocycles. The number of fused-ring (bicyclic) bond motifs is 1. The summed E-state index contributed by atoms with van der Waals surface area (Å²) in [6, 6.07) is 19.9. The van der Waals surface area contributed by atoms with Gasteiger partial charge in [0.1, 0.15) is 23.2 Å². The van der Waals surface area contributed by atoms with Crippen LogP contribution >= 0.6 is 0 Å². The van der Waals surface area contributed by atoms with Gasteiger partial charge in [0.2, 0.25) is 5.95 Å². The van der Waals surface area contributed by atoms with Crippen molar-refractivity contribution in [3.63, 3.8) is 0 Å². The average molecular weight is 486 g/mol. The fourth-order valence-electron chi connectivity index (χ4n) is 3.59. The van der Waals surface area contributed by atoms with Gasteiger partial charge in [0.15, 0.2) is 0 Å². The van der Waals surface area contributed by atoms with Crippen LogP contribution in [-0.4, -0.2) is 19.9 Å². The zero-order valence-electron chi connectivity index (χ0n) is 18.5. The molecule has 0 radical (unpaired) electrons. The molecule has 36 heavy (non-hydrogen) atoms. The summed E-state index contributed by atoms with van der Waals surface area (Å²) in [4.78, 5) is 15.3. The van der Waals surface area contributed by atoms with E-state index in [0.717, 1.165) is 23.6 Å². The number of nitrogens with zero attached hydrogens (tertiary/aromatic N) is 4. The van der Waals surface area contributed by atoms with Gasteiger partial charge in [-0.05, 0) is 35.9 Å². The summed E-state index contributed by atoms with van der Waals surface area (Å²) in [6.45, 7) is 0.380. The molecule has 0 bridgehead atoms. The van der Waals surface area contributed by atoms with Crippen LogP contribution in [0.15, 0.2) is 79.3 Å². The van der Waals surface area contributed by atoms with Crippen molar-refractivity contribution < 1.29 is 17.9 Å². The Labute approximate surface area is 203 Å². The number of hydrogen-bond acceptors (Lipinski definition) is 6. The van der Waals surface area contributed by atoms with Gasteiger partial charge >= 0.3 is 6.18 Å². The number of alkyl halides is 3. The molecule has 0 aliphatic carbocycles. The van der Waals surface area contributed by atoms with E-state index in [1.54, 1.807) is 0 Å². The van der Waals surface area contributed by atoms with E-state index in [1.165, 1.54) is 12.4 Å². The molecule has 0 atom stereocenters. The lowest BCUT2D eigenvalue weighted by Crippen LogP contribution is -2.06. The summed E-state index contributed by atoms with van der Waals surface area (Å²) in [5, 5.41) is 12.8. The number of ether oxygens (including phenoxy) is 1. The highest BCUT2D eigenvalue weighted by Gasteiger charge is 2.31. The molecule has 10 heteroatoms. The first-order valence-electron chi connectivity index (χ1n) is 10.8. The number of nitrogens with one attached hydrogen (secondary N) is 2. The Kier molecular flexibility index (Phi) is 5.96. The third-order valence-electron chi connectivity index (χ3n) is 5.38. The highest BCUT2D eigenvalue weighted by atomic mass is 19.4. The summed E-state index contributed by atoms with van der Waals surface area (Å²) in [5.41, 5.74) is 0.952. The van der Waals surface area contributed by atoms with Crippen molar-refractivity contribution in [1.82, 2.24) is 19.9 Å². The Hall–Kier alpha value is -4.91. The molecule has 0 unspecified atom stereocenters. The Balaban J connectivity index is 1.37. The van der Waals surface area contributed by atoms with E-state index in [1.807, 2.05) is 60.7 Å². The van der Waals surface area contributed by atoms with E-state index in [0.29, 0.717) is 17.9 Å². The van der Waals surface area contributed by atoms with Gasteiger partial charge in [-0.2, -0.15) is 18.4 Å². The molecule has 7 nitrogen and oxygen atoms in total. The second-order valence-corrected chi connectivity index (χ2v) is 7.80. The molecule has 0 aliphatic heterocycles. The van der Waals surface area contributed by atoms with E-state index in [9.17, 15) is 18.4 Å². The topological polar surface area (TPSA) is 99.5 Å². The molecular weight excluding hydrogens is 469 g/mol. The largest absolute Gasteiger partial charge is 0.457 e. The van der Waals surface area contributed by atoms with Crippen LogP contribution in [-0.2, 0) is 12.7 Å². The first kappa shape index (κ1) is 22.9. The maximum Gasteiger partial charge on any atom is 0.417 e. The Bertz CT molecular complexity index is 1560. The lowest BCUT2D eigenvalue weighted by Gasteiger charge is -2.10. The number of H-pyrrole nitrogens is 1. The molecule has 5 rings (SSSR count). The smallest absolute Gasteiger partial charge is 0.417 e. The van der Waals surface area contributed by atoms with Crippen molar-refractivity contribution in [3.05, 3.63) is 95.9 Å². The van der Waals surface area contributed by atoms with Crippen LogP contribution in [0.3, 0.4) is 0 Å². The molecule has 0 aliphatic rings. The fourth-order valence-corrected chi connectivity index (χ4v) is 3.59. The van der Waals surface area contributed by atoms with Crippen LogP contribution in [0.25, 0.3) is 22.3 Å². The van der Waals surface area contributed by atoms with Crippen molar-refractivity contribution >= 4 is 17.0 Å². The predicted molar refractivity (Wildman–Crippen MR) is 127 cm³/mol. The summed E-state index contributed by atoms with van der Waals surface area (Å²) in [6.07, 6.45) is -0.970. The van der Waals surface area contributed by atoms with E-state index in [-0.39, 0.29) is 28.2 Å². The Morgan fingerprint density at radius 2 is 1.72 bits per heavy atom. The fraction of sp³-hybridized carbons (Fsp3) is 0.0769. The summed E-state index contributed by atoms with van der Waals surface area (Å²) < 4.78 is 45.4. The molecule has 2 N–H and O–H groups in total. The molecule has 178 valence electrons. The zero-order chi connectivity index (χ0) is 25.1. The standard InChI is InChI=1S/C26H17F3N6O/c27-26(28,29)18-10-21-22(15-32-24(21)31-14-18)23-17(11-30)13-34-25(35-23)33-12-16-6-8-20(9-7-16)36-19-4-2-1-3-5-19/h1-10,13-15H,12H2,(H,31,32)(H,33,34,35). The van der Waals surface area contributed by atoms with Crippen LogP contribution in [0.5, 0.6) is 11.5 Å². The summed E-state index contributed by atoms with van der Waals surface area (Å²) in [5.74, 6) is 1.65. The molecular formula is C26H17F3N6O. The van der Waals surface area contributed by atoms with Crippen LogP contribution in [0.4, 0.5) is 19.1 Å². The lowest BCUT2D eigenvalue weighted by molar-refractivity contribution is -0.137. The van der Waals surface area contributed by atoms with Gasteiger partial charge in [-0.25, -0.2) is 15.0 Å². The normalized spacial score (nSPS) is 11.3. The summed E-state index contributed by atoms with van der Waals surface area (Å²) in [7, 11) is 0. The molecule has 0 saturated heterocycles. The number of aromatic amines is 1. The van der Waals surface area contributed by atoms with Gasteiger partial charge in [-0.15, -0.1) is 0 Å². The predicted octanol–water partition coefficient (Wildman–Crippen LogP) is 6.31. The van der Waals surface area contributed by atoms with Gasteiger partial charge in [0.25, 0.3) is 0 Å². The average Bonchev–Trinajstić information content (AvgIpc) is 3.31. The van der Waals surface area contributed by atoms with Crippen molar-refractivity contribution in [2.75, 3.05) is 5.32 Å². The minimum atomic E-state index is -4.55. The monoisotopic (exact) mass is 486 g/mol. The summed E-state index contributed by atoms with van der Waals surface area (Å²) >= 11 is 0. The van der Waals surface area contributed by atoms with Gasteiger partial charge in [0.05, 0.1) is 23.0 Å². The number of halogens is 3. The minimum Gasteiger partial charge on any atom is -0.457 e. The minimum absolute atomic E-state index is 0.126. The molecule has 0 amide bonds. The van der Waals surface area contributed by atoms with E-state index >= 15 is 0 Å². The first-order chi connectivity index (χ1) is 17.4. The number of para-hydroxylation sites is 1. The number of rotatable bonds is 6. The van der Waals surface area contributed by atoms with Crippen molar-refractivity contribution in [1.29, 1.82) is 5.26 Å². The lowest BCUT2D eigenvalue weighted by atomic mass is 10.1. The van der Waals surface area contributed by atoms with Crippen molar-refractivity contribution in [2.45, 2.75) is 12.7 Å². The molecule has 5 aromatic rings. The Morgan fingerprint density at radius 1 is 0.972 bits per heavy atom. The third-order valence-corrected chi connectivity index (χ3v) is 5.38. The highest BCUT2D eigenvalue weighted by Crippen LogP contribution is 2.34. The molecule has 3 heterocycles. The highest BCUT2D eigenvalue weighted by molar-refractivity contribution is 5.94. The van der Waals surface area contributed by atoms with E-state index in [2.05, 4.69) is 25.3 Å². The van der Waals surface area contributed by atoms with Crippen LogP contribution in [0, 0.1) is 11.3 Å². The second-order valence-electron chi connectivity index (χ2n) is 7.80. The van der Waals surface area contributed by atoms with Crippen LogP contribution < -0.4 is 10.1 Å². The maximum absolute atomic E-state index is 13.2. The third kappa shape index (κ3) is 4.81. The van der Waals surface area contributed by atoms with Gasteiger partial charge in [0, 0.05) is 29.9 Å². The van der Waals surface area contributed by atoms with Gasteiger partial charge in [-0.1, -0.05) is 30.3 Å². The molecule has 0 saturated carbocycles. The molecule has 0 fully saturated rings. The number of benzene rings is 2. The number of nitriles is 1. The van der Waals surface area contributed by atoms with E-state index in [4.69, 9.17) is 4.74 Å². The maximum atomic E-state index is 13.2. The van der Waals surface area contributed by atoms with Gasteiger partial charge < -0.3 is 15.0 Å². The SMILES string of the molecule is N#Cc1cnc(NCc2ccc(Oc3ccccc3)cc2)nc1-c1c[nH]c2ncc(C(F)(F)F)cc12. The van der Waals surface area contributed by atoms with Crippen molar-refractivity contribution in [2.24, 2.45) is 0 Å². The van der Waals surface area contributed by atoms with Gasteiger partial charge in [-0.3, -0.25) is 0 Å². The number of pyridine rings is 1. The number of aromatic nitrogens is 4.